The van der Waals surface area contributed by atoms with Crippen molar-refractivity contribution in [1.29, 1.82) is 0 Å². The van der Waals surface area contributed by atoms with Gasteiger partial charge in [-0.05, 0) is 114 Å². The molecule has 2 aliphatic carbocycles. The zero-order valence-electron chi connectivity index (χ0n) is 31.3. The third-order valence-electron chi connectivity index (χ3n) is 12.7. The van der Waals surface area contributed by atoms with Gasteiger partial charge in [-0.3, -0.25) is 0 Å². The molecular weight excluding hydrogens is 705 g/mol. The van der Waals surface area contributed by atoms with Crippen LogP contribution in [0.2, 0.25) is 0 Å². The van der Waals surface area contributed by atoms with E-state index in [1.807, 2.05) is 30.3 Å². The van der Waals surface area contributed by atoms with Crippen LogP contribution in [0.5, 0.6) is 0 Å². The maximum Gasteiger partial charge on any atom is 0.227 e. The monoisotopic (exact) mass is 736 g/mol. The molecule has 0 fully saturated rings. The average molecular weight is 737 g/mol. The van der Waals surface area contributed by atoms with Crippen LogP contribution in [-0.2, 0) is 5.41 Å². The van der Waals surface area contributed by atoms with Gasteiger partial charge in [-0.1, -0.05) is 152 Å². The largest absolute Gasteiger partial charge is 0.435 e. The van der Waals surface area contributed by atoms with Crippen LogP contribution in [0.4, 0.5) is 0 Å². The minimum Gasteiger partial charge on any atom is -0.435 e. The molecule has 1 spiro atoms. The Morgan fingerprint density at radius 2 is 1.02 bits per heavy atom. The fourth-order valence-electron chi connectivity index (χ4n) is 10.2. The minimum absolute atomic E-state index is 0.443. The van der Waals surface area contributed by atoms with Crippen LogP contribution in [0.3, 0.4) is 0 Å². The lowest BCUT2D eigenvalue weighted by atomic mass is 9.70. The Morgan fingerprint density at radius 1 is 0.379 bits per heavy atom. The van der Waals surface area contributed by atoms with Gasteiger partial charge in [-0.2, -0.15) is 0 Å². The molecule has 0 atom stereocenters. The van der Waals surface area contributed by atoms with E-state index in [2.05, 4.69) is 164 Å². The van der Waals surface area contributed by atoms with E-state index in [4.69, 9.17) is 14.4 Å². The van der Waals surface area contributed by atoms with Crippen molar-refractivity contribution in [3.05, 3.63) is 216 Å². The number of fused-ring (bicyclic) bond motifs is 17. The van der Waals surface area contributed by atoms with Crippen LogP contribution in [-0.4, -0.2) is 9.97 Å². The van der Waals surface area contributed by atoms with Crippen molar-refractivity contribution in [3.8, 4) is 56.2 Å². The van der Waals surface area contributed by atoms with Crippen LogP contribution >= 0.6 is 0 Å². The van der Waals surface area contributed by atoms with Crippen molar-refractivity contribution in [2.24, 2.45) is 0 Å². The van der Waals surface area contributed by atoms with Gasteiger partial charge >= 0.3 is 0 Å². The summed E-state index contributed by atoms with van der Waals surface area (Å²) in [4.78, 5) is 10.3. The first kappa shape index (κ1) is 31.6. The number of oxazole rings is 1. The Hall–Kier alpha value is -7.62. The van der Waals surface area contributed by atoms with Gasteiger partial charge in [0.15, 0.2) is 5.58 Å². The van der Waals surface area contributed by atoms with Crippen molar-refractivity contribution in [2.45, 2.75) is 5.41 Å². The first-order valence-corrected chi connectivity index (χ1v) is 19.9. The highest BCUT2D eigenvalue weighted by Gasteiger charge is 2.52. The standard InChI is InChI=1S/C55H32N2O/c1-2-12-36(13-3-1)54-57-50-30-27-35-23-21-34-22-24-37(31-43(34)51(35)53(50)58-54)48-19-10-20-49(56-48)38-25-28-42-47(32-38)55(46-29-26-33-11-4-5-14-39(33)52(42)46)44-17-8-6-15-40(44)41-16-7-9-18-45(41)55/h1-32H. The van der Waals surface area contributed by atoms with Crippen molar-refractivity contribution in [1.82, 2.24) is 9.97 Å². The molecule has 13 rings (SSSR count). The lowest BCUT2D eigenvalue weighted by Gasteiger charge is -2.30. The molecule has 3 heteroatoms. The molecule has 268 valence electrons. The topological polar surface area (TPSA) is 38.9 Å². The SMILES string of the molecule is c1ccc(-c2nc3ccc4ccc5ccc(-c6cccc(-c7ccc8c(c7)C7(c9ccccc9-c9ccccc97)c7ccc9ccccc9c7-8)n6)cc5c4c3o2)cc1. The Balaban J connectivity index is 0.994. The molecule has 2 aromatic heterocycles. The molecule has 0 unspecified atom stereocenters. The first-order valence-electron chi connectivity index (χ1n) is 19.9. The van der Waals surface area contributed by atoms with Crippen LogP contribution in [0.25, 0.3) is 99.6 Å². The molecule has 58 heavy (non-hydrogen) atoms. The fraction of sp³-hybridized carbons (Fsp3) is 0.0182. The molecule has 9 aromatic carbocycles. The lowest BCUT2D eigenvalue weighted by molar-refractivity contribution is 0.623. The van der Waals surface area contributed by atoms with Gasteiger partial charge < -0.3 is 4.42 Å². The second-order valence-electron chi connectivity index (χ2n) is 15.6. The van der Waals surface area contributed by atoms with Gasteiger partial charge in [-0.25, -0.2) is 9.97 Å². The van der Waals surface area contributed by atoms with E-state index in [0.717, 1.165) is 60.7 Å². The predicted octanol–water partition coefficient (Wildman–Crippen LogP) is 14.0. The molecule has 11 aromatic rings. The van der Waals surface area contributed by atoms with E-state index in [1.54, 1.807) is 0 Å². The Kier molecular flexibility index (Phi) is 6.37. The second-order valence-corrected chi connectivity index (χ2v) is 15.6. The quantitative estimate of drug-likeness (QED) is 0.170. The van der Waals surface area contributed by atoms with E-state index in [1.165, 1.54) is 55.3 Å². The van der Waals surface area contributed by atoms with E-state index in [9.17, 15) is 0 Å². The summed E-state index contributed by atoms with van der Waals surface area (Å²) in [6.07, 6.45) is 0. The number of aromatic nitrogens is 2. The van der Waals surface area contributed by atoms with Crippen molar-refractivity contribution >= 4 is 43.4 Å². The van der Waals surface area contributed by atoms with E-state index in [-0.39, 0.29) is 0 Å². The summed E-state index contributed by atoms with van der Waals surface area (Å²) >= 11 is 0. The van der Waals surface area contributed by atoms with Crippen molar-refractivity contribution < 1.29 is 4.42 Å². The van der Waals surface area contributed by atoms with Gasteiger partial charge in [0, 0.05) is 22.1 Å². The average Bonchev–Trinajstić information content (AvgIpc) is 3.96. The Bertz CT molecular complexity index is 3480. The summed E-state index contributed by atoms with van der Waals surface area (Å²) in [5.74, 6) is 0.627. The van der Waals surface area contributed by atoms with Crippen LogP contribution in [0.1, 0.15) is 22.3 Å². The maximum absolute atomic E-state index is 6.54. The third kappa shape index (κ3) is 4.22. The van der Waals surface area contributed by atoms with E-state index < -0.39 is 5.41 Å². The molecule has 0 amide bonds. The van der Waals surface area contributed by atoms with E-state index >= 15 is 0 Å². The highest BCUT2D eigenvalue weighted by Crippen LogP contribution is 2.64. The predicted molar refractivity (Wildman–Crippen MR) is 237 cm³/mol. The van der Waals surface area contributed by atoms with Gasteiger partial charge in [0.25, 0.3) is 0 Å². The normalized spacial score (nSPS) is 13.3. The summed E-state index contributed by atoms with van der Waals surface area (Å²) in [6.45, 7) is 0. The molecule has 0 radical (unpaired) electrons. The fourth-order valence-corrected chi connectivity index (χ4v) is 10.2. The molecule has 0 aliphatic heterocycles. The van der Waals surface area contributed by atoms with Crippen LogP contribution < -0.4 is 0 Å². The maximum atomic E-state index is 6.54. The molecular formula is C55H32N2O. The zero-order chi connectivity index (χ0) is 38.0. The van der Waals surface area contributed by atoms with Crippen LogP contribution in [0, 0.1) is 0 Å². The molecule has 3 nitrogen and oxygen atoms in total. The number of hydrogen-bond donors (Lipinski definition) is 0. The van der Waals surface area contributed by atoms with Crippen molar-refractivity contribution in [2.75, 3.05) is 0 Å². The number of benzene rings is 9. The smallest absolute Gasteiger partial charge is 0.227 e. The van der Waals surface area contributed by atoms with Gasteiger partial charge in [0.05, 0.1) is 16.8 Å². The van der Waals surface area contributed by atoms with Gasteiger partial charge in [0.2, 0.25) is 5.89 Å². The summed E-state index contributed by atoms with van der Waals surface area (Å²) in [5, 5.41) is 6.99. The summed E-state index contributed by atoms with van der Waals surface area (Å²) < 4.78 is 6.54. The van der Waals surface area contributed by atoms with Gasteiger partial charge in [-0.15, -0.1) is 0 Å². The number of rotatable bonds is 3. The summed E-state index contributed by atoms with van der Waals surface area (Å²) in [7, 11) is 0. The molecule has 0 bridgehead atoms. The van der Waals surface area contributed by atoms with E-state index in [0.29, 0.717) is 5.89 Å². The highest BCUT2D eigenvalue weighted by molar-refractivity contribution is 6.18. The Labute approximate surface area is 334 Å². The van der Waals surface area contributed by atoms with Crippen molar-refractivity contribution in [3.63, 3.8) is 0 Å². The lowest BCUT2D eigenvalue weighted by Crippen LogP contribution is -2.25. The van der Waals surface area contributed by atoms with Gasteiger partial charge in [0.1, 0.15) is 5.52 Å². The molecule has 2 aliphatic rings. The third-order valence-corrected chi connectivity index (χ3v) is 12.7. The molecule has 2 heterocycles. The molecule has 0 saturated heterocycles. The summed E-state index contributed by atoms with van der Waals surface area (Å²) in [6, 6.07) is 70.2. The number of hydrogen-bond acceptors (Lipinski definition) is 3. The Morgan fingerprint density at radius 3 is 1.84 bits per heavy atom. The minimum atomic E-state index is -0.443. The second kappa shape index (κ2) is 11.7. The molecule has 0 N–H and O–H groups in total. The zero-order valence-corrected chi connectivity index (χ0v) is 31.3. The molecule has 0 saturated carbocycles. The van der Waals surface area contributed by atoms with Crippen LogP contribution in [0.15, 0.2) is 199 Å². The number of nitrogens with zero attached hydrogens (tertiary/aromatic N) is 2. The highest BCUT2D eigenvalue weighted by atomic mass is 16.3. The number of pyridine rings is 1. The first-order chi connectivity index (χ1) is 28.7. The summed E-state index contributed by atoms with van der Waals surface area (Å²) in [5.41, 5.74) is 16.7.